The SMILES string of the molecule is c1ccc(-c2cc3c(cc2-c2ccccc2)c2cccc4[nH]c5cccc3c5c42)cc1. The lowest BCUT2D eigenvalue weighted by Gasteiger charge is -2.16. The van der Waals surface area contributed by atoms with Gasteiger partial charge in [-0.25, -0.2) is 0 Å². The van der Waals surface area contributed by atoms with E-state index in [0.29, 0.717) is 0 Å². The number of hydrogen-bond donors (Lipinski definition) is 1. The Labute approximate surface area is 179 Å². The van der Waals surface area contributed by atoms with Gasteiger partial charge in [-0.3, -0.25) is 0 Å². The fraction of sp³-hybridized carbons (Fsp3) is 0. The van der Waals surface area contributed by atoms with E-state index in [1.54, 1.807) is 0 Å². The molecule has 1 heteroatoms. The van der Waals surface area contributed by atoms with Crippen LogP contribution >= 0.6 is 0 Å². The van der Waals surface area contributed by atoms with Gasteiger partial charge in [-0.2, -0.15) is 0 Å². The predicted molar refractivity (Wildman–Crippen MR) is 133 cm³/mol. The Morgan fingerprint density at radius 3 is 1.29 bits per heavy atom. The second-order valence-electron chi connectivity index (χ2n) is 8.26. The Hall–Kier alpha value is -4.10. The Morgan fingerprint density at radius 1 is 0.387 bits per heavy atom. The molecule has 144 valence electrons. The molecule has 0 unspecified atom stereocenters. The number of nitrogens with one attached hydrogen (secondary N) is 1. The van der Waals surface area contributed by atoms with E-state index in [9.17, 15) is 0 Å². The van der Waals surface area contributed by atoms with Crippen molar-refractivity contribution in [1.29, 1.82) is 0 Å². The maximum absolute atomic E-state index is 3.63. The molecule has 0 saturated carbocycles. The van der Waals surface area contributed by atoms with Crippen molar-refractivity contribution in [2.45, 2.75) is 0 Å². The van der Waals surface area contributed by atoms with E-state index < -0.39 is 0 Å². The van der Waals surface area contributed by atoms with E-state index in [4.69, 9.17) is 0 Å². The van der Waals surface area contributed by atoms with Gasteiger partial charge in [0.05, 0.1) is 0 Å². The van der Waals surface area contributed by atoms with E-state index in [1.807, 2.05) is 0 Å². The summed E-state index contributed by atoms with van der Waals surface area (Å²) in [7, 11) is 0. The molecule has 0 bridgehead atoms. The molecule has 7 aromatic rings. The molecule has 0 aliphatic carbocycles. The summed E-state index contributed by atoms with van der Waals surface area (Å²) < 4.78 is 0. The third kappa shape index (κ3) is 2.32. The normalized spacial score (nSPS) is 11.9. The first kappa shape index (κ1) is 16.7. The van der Waals surface area contributed by atoms with Crippen molar-refractivity contribution < 1.29 is 0 Å². The van der Waals surface area contributed by atoms with Crippen LogP contribution in [0.2, 0.25) is 0 Å². The molecule has 1 N–H and O–H groups in total. The van der Waals surface area contributed by atoms with Crippen LogP contribution in [0.1, 0.15) is 0 Å². The molecule has 0 spiro atoms. The zero-order valence-electron chi connectivity index (χ0n) is 16.9. The lowest BCUT2D eigenvalue weighted by atomic mass is 9.87. The van der Waals surface area contributed by atoms with Crippen LogP contribution in [0, 0.1) is 0 Å². The maximum Gasteiger partial charge on any atom is 0.0471 e. The smallest absolute Gasteiger partial charge is 0.0471 e. The van der Waals surface area contributed by atoms with Crippen molar-refractivity contribution in [3.8, 4) is 22.3 Å². The van der Waals surface area contributed by atoms with Crippen molar-refractivity contribution >= 4 is 43.4 Å². The van der Waals surface area contributed by atoms with Gasteiger partial charge in [0.1, 0.15) is 0 Å². The largest absolute Gasteiger partial charge is 0.354 e. The molecule has 0 saturated heterocycles. The zero-order chi connectivity index (χ0) is 20.4. The van der Waals surface area contributed by atoms with E-state index in [1.165, 1.54) is 65.6 Å². The molecule has 0 aliphatic rings. The first-order valence-corrected chi connectivity index (χ1v) is 10.7. The number of aromatic nitrogens is 1. The van der Waals surface area contributed by atoms with Gasteiger partial charge in [-0.1, -0.05) is 84.9 Å². The first-order valence-electron chi connectivity index (χ1n) is 10.7. The van der Waals surface area contributed by atoms with Gasteiger partial charge >= 0.3 is 0 Å². The molecule has 0 radical (unpaired) electrons. The van der Waals surface area contributed by atoms with E-state index >= 15 is 0 Å². The highest BCUT2D eigenvalue weighted by Crippen LogP contribution is 2.44. The summed E-state index contributed by atoms with van der Waals surface area (Å²) in [5.74, 6) is 0. The molecular formula is C30H19N. The van der Waals surface area contributed by atoms with Gasteiger partial charge in [0, 0.05) is 21.8 Å². The number of fused-ring (bicyclic) bond motifs is 3. The third-order valence-electron chi connectivity index (χ3n) is 6.56. The second-order valence-corrected chi connectivity index (χ2v) is 8.26. The molecule has 0 amide bonds. The van der Waals surface area contributed by atoms with E-state index in [-0.39, 0.29) is 0 Å². The fourth-order valence-electron chi connectivity index (χ4n) is 5.20. The Bertz CT molecular complexity index is 1580. The monoisotopic (exact) mass is 393 g/mol. The van der Waals surface area contributed by atoms with Gasteiger partial charge in [-0.15, -0.1) is 0 Å². The Balaban J connectivity index is 1.73. The molecule has 0 fully saturated rings. The number of H-pyrrole nitrogens is 1. The van der Waals surface area contributed by atoms with Crippen LogP contribution in [0.4, 0.5) is 0 Å². The Morgan fingerprint density at radius 2 is 0.839 bits per heavy atom. The number of benzene rings is 6. The van der Waals surface area contributed by atoms with Crippen molar-refractivity contribution in [3.05, 3.63) is 109 Å². The molecule has 6 aromatic carbocycles. The highest BCUT2D eigenvalue weighted by atomic mass is 14.7. The standard InChI is InChI=1S/C30H19N/c1-3-9-19(10-4-1)23-17-25-21-13-7-15-27-29(21)30-22(14-8-16-28(30)31-27)26(25)18-24(23)20-11-5-2-6-12-20/h1-18,31H. The van der Waals surface area contributed by atoms with Crippen LogP contribution in [-0.4, -0.2) is 4.98 Å². The van der Waals surface area contributed by atoms with E-state index in [0.717, 1.165) is 0 Å². The molecule has 7 rings (SSSR count). The maximum atomic E-state index is 3.63. The summed E-state index contributed by atoms with van der Waals surface area (Å²) in [6.45, 7) is 0. The minimum atomic E-state index is 1.21. The molecular weight excluding hydrogens is 374 g/mol. The molecule has 0 aliphatic heterocycles. The number of aromatic amines is 1. The zero-order valence-corrected chi connectivity index (χ0v) is 16.9. The van der Waals surface area contributed by atoms with Gasteiger partial charge in [0.25, 0.3) is 0 Å². The molecule has 31 heavy (non-hydrogen) atoms. The quantitative estimate of drug-likeness (QED) is 0.284. The summed E-state index contributed by atoms with van der Waals surface area (Å²) in [4.78, 5) is 3.63. The molecule has 1 aromatic heterocycles. The fourth-order valence-corrected chi connectivity index (χ4v) is 5.20. The van der Waals surface area contributed by atoms with Crippen LogP contribution < -0.4 is 0 Å². The lowest BCUT2D eigenvalue weighted by molar-refractivity contribution is 1.55. The van der Waals surface area contributed by atoms with Crippen LogP contribution in [-0.2, 0) is 0 Å². The van der Waals surface area contributed by atoms with Crippen molar-refractivity contribution in [3.63, 3.8) is 0 Å². The minimum absolute atomic E-state index is 1.21. The summed E-state index contributed by atoms with van der Waals surface area (Å²) in [6, 6.07) is 39.5. The summed E-state index contributed by atoms with van der Waals surface area (Å²) in [5.41, 5.74) is 7.45. The number of hydrogen-bond acceptors (Lipinski definition) is 0. The van der Waals surface area contributed by atoms with Crippen LogP contribution in [0.15, 0.2) is 109 Å². The summed E-state index contributed by atoms with van der Waals surface area (Å²) >= 11 is 0. The van der Waals surface area contributed by atoms with Crippen molar-refractivity contribution in [1.82, 2.24) is 4.98 Å². The van der Waals surface area contributed by atoms with Crippen LogP contribution in [0.5, 0.6) is 0 Å². The third-order valence-corrected chi connectivity index (χ3v) is 6.56. The highest BCUT2D eigenvalue weighted by Gasteiger charge is 2.17. The lowest BCUT2D eigenvalue weighted by Crippen LogP contribution is -1.89. The predicted octanol–water partition coefficient (Wildman–Crippen LogP) is 8.40. The highest BCUT2D eigenvalue weighted by molar-refractivity contribution is 6.34. The van der Waals surface area contributed by atoms with Crippen LogP contribution in [0.3, 0.4) is 0 Å². The average molecular weight is 393 g/mol. The average Bonchev–Trinajstić information content (AvgIpc) is 3.23. The number of rotatable bonds is 2. The van der Waals surface area contributed by atoms with Crippen molar-refractivity contribution in [2.24, 2.45) is 0 Å². The topological polar surface area (TPSA) is 15.8 Å². The van der Waals surface area contributed by atoms with Gasteiger partial charge < -0.3 is 4.98 Å². The van der Waals surface area contributed by atoms with Crippen LogP contribution in [0.25, 0.3) is 65.6 Å². The summed E-state index contributed by atoms with van der Waals surface area (Å²) in [5, 5.41) is 7.93. The molecule has 1 nitrogen and oxygen atoms in total. The second kappa shape index (κ2) is 6.20. The van der Waals surface area contributed by atoms with Gasteiger partial charge in [0.15, 0.2) is 0 Å². The van der Waals surface area contributed by atoms with Gasteiger partial charge in [0.2, 0.25) is 0 Å². The first-order chi connectivity index (χ1) is 15.4. The van der Waals surface area contributed by atoms with E-state index in [2.05, 4.69) is 114 Å². The van der Waals surface area contributed by atoms with Crippen molar-refractivity contribution in [2.75, 3.05) is 0 Å². The Kier molecular flexibility index (Phi) is 3.33. The van der Waals surface area contributed by atoms with Gasteiger partial charge in [-0.05, 0) is 68.1 Å². The molecule has 0 atom stereocenters. The summed E-state index contributed by atoms with van der Waals surface area (Å²) in [6.07, 6.45) is 0. The molecule has 1 heterocycles. The minimum Gasteiger partial charge on any atom is -0.354 e.